The van der Waals surface area contributed by atoms with Gasteiger partial charge in [-0.1, -0.05) is 33.6 Å². The molecule has 1 N–H and O–H groups in total. The third-order valence-corrected chi connectivity index (χ3v) is 8.85. The fourth-order valence-corrected chi connectivity index (χ4v) is 6.88. The zero-order chi connectivity index (χ0) is 20.7. The number of hydrogen-bond acceptors (Lipinski definition) is 6. The predicted octanol–water partition coefficient (Wildman–Crippen LogP) is 4.88. The summed E-state index contributed by atoms with van der Waals surface area (Å²) in [4.78, 5) is 15.4. The van der Waals surface area contributed by atoms with Gasteiger partial charge in [-0.2, -0.15) is 0 Å². The van der Waals surface area contributed by atoms with Crippen molar-refractivity contribution in [1.82, 2.24) is 14.9 Å². The van der Waals surface area contributed by atoms with Gasteiger partial charge in [0.05, 0.1) is 25.1 Å². The average Bonchev–Trinajstić information content (AvgIpc) is 3.09. The molecular formula is C24H36N4OS. The van der Waals surface area contributed by atoms with Crippen LogP contribution in [0.1, 0.15) is 62.7 Å². The molecule has 6 heteroatoms. The molecular weight excluding hydrogens is 392 g/mol. The zero-order valence-electron chi connectivity index (χ0n) is 18.7. The first kappa shape index (κ1) is 20.7. The van der Waals surface area contributed by atoms with Crippen molar-refractivity contribution in [3.05, 3.63) is 16.3 Å². The Hall–Kier alpha value is -1.24. The van der Waals surface area contributed by atoms with Crippen molar-refractivity contribution in [2.75, 3.05) is 31.6 Å². The Kier molecular flexibility index (Phi) is 6.00. The number of aryl methyl sites for hydroxylation is 1. The zero-order valence-corrected chi connectivity index (χ0v) is 19.6. The summed E-state index contributed by atoms with van der Waals surface area (Å²) in [7, 11) is 0. The van der Waals surface area contributed by atoms with Crippen molar-refractivity contribution in [2.24, 2.45) is 17.8 Å². The minimum atomic E-state index is 0.515. The lowest BCUT2D eigenvalue weighted by molar-refractivity contribution is 0.0331. The first-order valence-corrected chi connectivity index (χ1v) is 12.8. The molecule has 4 atom stereocenters. The first-order chi connectivity index (χ1) is 14.6. The maximum atomic E-state index is 5.53. The minimum Gasteiger partial charge on any atom is -0.379 e. The molecule has 1 saturated carbocycles. The van der Waals surface area contributed by atoms with E-state index in [1.165, 1.54) is 54.3 Å². The lowest BCUT2D eigenvalue weighted by Crippen LogP contribution is -2.37. The van der Waals surface area contributed by atoms with E-state index in [9.17, 15) is 0 Å². The molecule has 5 nitrogen and oxygen atoms in total. The SMILES string of the molecule is C[C@@H]1CCc2c(sc3nc(CN4CCOCC4)nc(N[C@@H]4CCC[C@@H](C)[C@H]4C)c23)C1. The highest BCUT2D eigenvalue weighted by molar-refractivity contribution is 7.19. The maximum Gasteiger partial charge on any atom is 0.146 e. The van der Waals surface area contributed by atoms with Gasteiger partial charge in [-0.3, -0.25) is 4.90 Å². The Labute approximate surface area is 184 Å². The highest BCUT2D eigenvalue weighted by Crippen LogP contribution is 2.41. The molecule has 0 unspecified atom stereocenters. The Morgan fingerprint density at radius 1 is 1.10 bits per heavy atom. The lowest BCUT2D eigenvalue weighted by Gasteiger charge is -2.35. The quantitative estimate of drug-likeness (QED) is 0.752. The molecule has 1 aliphatic heterocycles. The number of morpholine rings is 1. The second-order valence-corrected chi connectivity index (χ2v) is 11.0. The molecule has 0 bridgehead atoms. The summed E-state index contributed by atoms with van der Waals surface area (Å²) in [5, 5.41) is 5.27. The van der Waals surface area contributed by atoms with Crippen molar-refractivity contribution >= 4 is 27.4 Å². The van der Waals surface area contributed by atoms with E-state index in [-0.39, 0.29) is 0 Å². The molecule has 3 aliphatic rings. The van der Waals surface area contributed by atoms with Crippen LogP contribution in [0.25, 0.3) is 10.2 Å². The van der Waals surface area contributed by atoms with Gasteiger partial charge in [-0.05, 0) is 49.0 Å². The van der Waals surface area contributed by atoms with E-state index >= 15 is 0 Å². The largest absolute Gasteiger partial charge is 0.379 e. The predicted molar refractivity (Wildman–Crippen MR) is 124 cm³/mol. The van der Waals surface area contributed by atoms with Crippen molar-refractivity contribution in [3.8, 4) is 0 Å². The highest BCUT2D eigenvalue weighted by Gasteiger charge is 2.30. The number of ether oxygens (including phenoxy) is 1. The summed E-state index contributed by atoms with van der Waals surface area (Å²) in [5.74, 6) is 4.32. The third-order valence-electron chi connectivity index (χ3n) is 7.70. The van der Waals surface area contributed by atoms with Crippen LogP contribution < -0.4 is 5.32 Å². The fraction of sp³-hybridized carbons (Fsp3) is 0.750. The van der Waals surface area contributed by atoms with Gasteiger partial charge >= 0.3 is 0 Å². The Balaban J connectivity index is 1.51. The van der Waals surface area contributed by atoms with Crippen LogP contribution >= 0.6 is 11.3 Å². The summed E-state index contributed by atoms with van der Waals surface area (Å²) >= 11 is 1.92. The van der Waals surface area contributed by atoms with Crippen LogP contribution in [0.5, 0.6) is 0 Å². The molecule has 164 valence electrons. The lowest BCUT2D eigenvalue weighted by atomic mass is 9.78. The minimum absolute atomic E-state index is 0.515. The highest BCUT2D eigenvalue weighted by atomic mass is 32.1. The molecule has 2 fully saturated rings. The van der Waals surface area contributed by atoms with Crippen LogP contribution in [0.3, 0.4) is 0 Å². The standard InChI is InChI=1S/C24H36N4OS/c1-15-7-8-18-20(13-15)30-24-22(18)23(25-19-6-4-5-16(2)17(19)3)26-21(27-24)14-28-9-11-29-12-10-28/h15-17,19H,4-14H2,1-3H3,(H,25,26,27)/t15-,16-,17-,19-/m1/s1. The van der Waals surface area contributed by atoms with E-state index in [0.717, 1.165) is 56.3 Å². The van der Waals surface area contributed by atoms with E-state index in [1.54, 1.807) is 4.88 Å². The Bertz CT molecular complexity index is 891. The van der Waals surface area contributed by atoms with Crippen molar-refractivity contribution in [3.63, 3.8) is 0 Å². The number of thiophene rings is 1. The second kappa shape index (κ2) is 8.71. The van der Waals surface area contributed by atoms with Crippen molar-refractivity contribution < 1.29 is 4.74 Å². The number of anilines is 1. The molecule has 2 aliphatic carbocycles. The van der Waals surface area contributed by atoms with E-state index in [0.29, 0.717) is 12.0 Å². The molecule has 2 aromatic heterocycles. The number of hydrogen-bond donors (Lipinski definition) is 1. The Morgan fingerprint density at radius 2 is 1.93 bits per heavy atom. The van der Waals surface area contributed by atoms with E-state index in [2.05, 4.69) is 31.0 Å². The van der Waals surface area contributed by atoms with Crippen molar-refractivity contribution in [1.29, 1.82) is 0 Å². The molecule has 0 radical (unpaired) electrons. The van der Waals surface area contributed by atoms with Crippen molar-refractivity contribution in [2.45, 2.75) is 71.9 Å². The van der Waals surface area contributed by atoms with Crippen LogP contribution in [-0.2, 0) is 24.1 Å². The first-order valence-electron chi connectivity index (χ1n) is 12.0. The number of nitrogens with zero attached hydrogens (tertiary/aromatic N) is 3. The van der Waals surface area contributed by atoms with Crippen LogP contribution in [0.2, 0.25) is 0 Å². The summed E-state index contributed by atoms with van der Waals surface area (Å²) in [6.07, 6.45) is 7.58. The number of fused-ring (bicyclic) bond motifs is 3. The molecule has 3 heterocycles. The van der Waals surface area contributed by atoms with E-state index in [1.807, 2.05) is 11.3 Å². The summed E-state index contributed by atoms with van der Waals surface area (Å²) < 4.78 is 5.53. The van der Waals surface area contributed by atoms with Crippen LogP contribution in [-0.4, -0.2) is 47.2 Å². The molecule has 5 rings (SSSR count). The number of rotatable bonds is 4. The topological polar surface area (TPSA) is 50.3 Å². The molecule has 0 aromatic carbocycles. The summed E-state index contributed by atoms with van der Waals surface area (Å²) in [6.45, 7) is 11.6. The Morgan fingerprint density at radius 3 is 2.77 bits per heavy atom. The van der Waals surface area contributed by atoms with Gasteiger partial charge in [0.1, 0.15) is 16.5 Å². The van der Waals surface area contributed by atoms with Crippen LogP contribution in [0, 0.1) is 17.8 Å². The molecule has 0 spiro atoms. The van der Waals surface area contributed by atoms with E-state index in [4.69, 9.17) is 14.7 Å². The van der Waals surface area contributed by atoms with Gasteiger partial charge in [-0.15, -0.1) is 11.3 Å². The van der Waals surface area contributed by atoms with E-state index < -0.39 is 0 Å². The van der Waals surface area contributed by atoms with Gasteiger partial charge in [0.15, 0.2) is 0 Å². The number of nitrogens with one attached hydrogen (secondary N) is 1. The van der Waals surface area contributed by atoms with Crippen LogP contribution in [0.15, 0.2) is 0 Å². The molecule has 2 aromatic rings. The normalized spacial score (nSPS) is 30.4. The smallest absolute Gasteiger partial charge is 0.146 e. The number of aromatic nitrogens is 2. The summed E-state index contributed by atoms with van der Waals surface area (Å²) in [5.41, 5.74) is 1.53. The van der Waals surface area contributed by atoms with Gasteiger partial charge in [0.2, 0.25) is 0 Å². The molecule has 30 heavy (non-hydrogen) atoms. The average molecular weight is 429 g/mol. The maximum absolute atomic E-state index is 5.53. The third kappa shape index (κ3) is 4.11. The van der Waals surface area contributed by atoms with Gasteiger partial charge in [0, 0.05) is 24.0 Å². The van der Waals surface area contributed by atoms with Gasteiger partial charge in [-0.25, -0.2) is 9.97 Å². The molecule has 0 amide bonds. The van der Waals surface area contributed by atoms with Gasteiger partial charge in [0.25, 0.3) is 0 Å². The fourth-order valence-electron chi connectivity index (χ4n) is 5.48. The monoisotopic (exact) mass is 428 g/mol. The molecule has 1 saturated heterocycles. The summed E-state index contributed by atoms with van der Waals surface area (Å²) in [6, 6.07) is 0.515. The van der Waals surface area contributed by atoms with Gasteiger partial charge < -0.3 is 10.1 Å². The second-order valence-electron chi connectivity index (χ2n) is 9.93. The van der Waals surface area contributed by atoms with Crippen LogP contribution in [0.4, 0.5) is 5.82 Å².